The number of allylic oxidation sites excluding steroid dienone is 1. The summed E-state index contributed by atoms with van der Waals surface area (Å²) in [6.45, 7) is 4.59. The van der Waals surface area contributed by atoms with Crippen LogP contribution in [0.25, 0.3) is 17.2 Å². The van der Waals surface area contributed by atoms with E-state index in [0.717, 1.165) is 5.92 Å². The Morgan fingerprint density at radius 2 is 1.81 bits per heavy atom. The molecule has 2 aromatic rings. The molecule has 2 fully saturated rings. The third-order valence-corrected chi connectivity index (χ3v) is 7.86. The van der Waals surface area contributed by atoms with Gasteiger partial charge in [0.25, 0.3) is 0 Å². The molecule has 0 spiro atoms. The second kappa shape index (κ2) is 6.66. The Labute approximate surface area is 164 Å². The van der Waals surface area contributed by atoms with Crippen LogP contribution in [-0.2, 0) is 6.42 Å². The molecule has 0 saturated heterocycles. The average Bonchev–Trinajstić information content (AvgIpc) is 3.41. The second-order valence-electron chi connectivity index (χ2n) is 9.61. The first-order valence-corrected chi connectivity index (χ1v) is 11.1. The van der Waals surface area contributed by atoms with E-state index < -0.39 is 0 Å². The SMILES string of the molecule is CCC(C)c1ccc(-c2cccc3c2C=C(CC24CCC(CC2)C4)C3)cc1. The normalized spacial score (nSPS) is 26.9. The van der Waals surface area contributed by atoms with Crippen LogP contribution in [0, 0.1) is 11.3 Å². The highest BCUT2D eigenvalue weighted by atomic mass is 14.5. The van der Waals surface area contributed by atoms with Crippen LogP contribution in [0.4, 0.5) is 0 Å². The van der Waals surface area contributed by atoms with Gasteiger partial charge < -0.3 is 0 Å². The van der Waals surface area contributed by atoms with Crippen LogP contribution in [0.15, 0.2) is 48.0 Å². The molecule has 2 bridgehead atoms. The van der Waals surface area contributed by atoms with Gasteiger partial charge in [-0.25, -0.2) is 0 Å². The largest absolute Gasteiger partial charge is 0.0648 e. The molecule has 0 aliphatic heterocycles. The number of hydrogen-bond donors (Lipinski definition) is 0. The molecular formula is C27H32. The smallest absolute Gasteiger partial charge is 0.00574 e. The van der Waals surface area contributed by atoms with Crippen molar-refractivity contribution in [3.05, 3.63) is 64.7 Å². The van der Waals surface area contributed by atoms with E-state index in [1.165, 1.54) is 79.2 Å². The van der Waals surface area contributed by atoms with Crippen molar-refractivity contribution in [2.24, 2.45) is 11.3 Å². The quantitative estimate of drug-likeness (QED) is 0.513. The summed E-state index contributed by atoms with van der Waals surface area (Å²) in [5.41, 5.74) is 9.64. The Kier molecular flexibility index (Phi) is 4.26. The van der Waals surface area contributed by atoms with E-state index in [0.29, 0.717) is 11.3 Å². The number of hydrogen-bond acceptors (Lipinski definition) is 0. The van der Waals surface area contributed by atoms with E-state index in [1.807, 2.05) is 0 Å². The van der Waals surface area contributed by atoms with Gasteiger partial charge in [0.05, 0.1) is 0 Å². The van der Waals surface area contributed by atoms with Gasteiger partial charge in [-0.1, -0.05) is 68.0 Å². The topological polar surface area (TPSA) is 0 Å². The fourth-order valence-electron chi connectivity index (χ4n) is 6.07. The summed E-state index contributed by atoms with van der Waals surface area (Å²) in [6, 6.07) is 16.3. The first-order chi connectivity index (χ1) is 13.2. The second-order valence-corrected chi connectivity index (χ2v) is 9.61. The van der Waals surface area contributed by atoms with Crippen LogP contribution in [0.2, 0.25) is 0 Å². The molecule has 0 N–H and O–H groups in total. The monoisotopic (exact) mass is 356 g/mol. The van der Waals surface area contributed by atoms with Crippen LogP contribution < -0.4 is 0 Å². The van der Waals surface area contributed by atoms with Gasteiger partial charge in [0, 0.05) is 0 Å². The highest BCUT2D eigenvalue weighted by Crippen LogP contribution is 2.57. The van der Waals surface area contributed by atoms with E-state index in [9.17, 15) is 0 Å². The maximum absolute atomic E-state index is 2.55. The minimum Gasteiger partial charge on any atom is -0.0648 e. The molecule has 2 saturated carbocycles. The van der Waals surface area contributed by atoms with Crippen molar-refractivity contribution in [2.45, 2.75) is 71.1 Å². The van der Waals surface area contributed by atoms with Crippen molar-refractivity contribution in [3.63, 3.8) is 0 Å². The molecule has 1 atom stereocenters. The Hall–Kier alpha value is -1.82. The summed E-state index contributed by atoms with van der Waals surface area (Å²) in [7, 11) is 0. The zero-order chi connectivity index (χ0) is 18.4. The van der Waals surface area contributed by atoms with Gasteiger partial charge in [0.1, 0.15) is 0 Å². The van der Waals surface area contributed by atoms with Crippen molar-refractivity contribution < 1.29 is 0 Å². The maximum Gasteiger partial charge on any atom is -0.00574 e. The van der Waals surface area contributed by atoms with E-state index in [2.05, 4.69) is 62.4 Å². The van der Waals surface area contributed by atoms with Gasteiger partial charge in [0.2, 0.25) is 0 Å². The minimum absolute atomic E-state index is 0.646. The molecule has 1 unspecified atom stereocenters. The van der Waals surface area contributed by atoms with Crippen molar-refractivity contribution in [2.75, 3.05) is 0 Å². The first-order valence-electron chi connectivity index (χ1n) is 11.1. The van der Waals surface area contributed by atoms with E-state index >= 15 is 0 Å². The van der Waals surface area contributed by atoms with Gasteiger partial charge in [-0.15, -0.1) is 0 Å². The van der Waals surface area contributed by atoms with Gasteiger partial charge in [0.15, 0.2) is 0 Å². The Balaban J connectivity index is 1.42. The lowest BCUT2D eigenvalue weighted by atomic mass is 9.78. The Morgan fingerprint density at radius 1 is 1.04 bits per heavy atom. The number of rotatable bonds is 5. The van der Waals surface area contributed by atoms with Crippen LogP contribution in [0.3, 0.4) is 0 Å². The number of fused-ring (bicyclic) bond motifs is 3. The fraction of sp³-hybridized carbons (Fsp3) is 0.481. The van der Waals surface area contributed by atoms with Gasteiger partial charge in [-0.05, 0) is 96.4 Å². The zero-order valence-electron chi connectivity index (χ0n) is 16.9. The maximum atomic E-state index is 2.55. The molecule has 3 aliphatic carbocycles. The third-order valence-electron chi connectivity index (χ3n) is 7.86. The molecule has 0 radical (unpaired) electrons. The lowest BCUT2D eigenvalue weighted by molar-refractivity contribution is 0.291. The fourth-order valence-corrected chi connectivity index (χ4v) is 6.07. The molecule has 0 amide bonds. The summed E-state index contributed by atoms with van der Waals surface area (Å²) in [5.74, 6) is 1.70. The lowest BCUT2D eigenvalue weighted by Gasteiger charge is -2.27. The van der Waals surface area contributed by atoms with E-state index in [1.54, 1.807) is 5.57 Å². The summed E-state index contributed by atoms with van der Waals surface area (Å²) in [5, 5.41) is 0. The molecule has 27 heavy (non-hydrogen) atoms. The predicted molar refractivity (Wildman–Crippen MR) is 116 cm³/mol. The molecule has 140 valence electrons. The van der Waals surface area contributed by atoms with Crippen LogP contribution in [0.1, 0.15) is 81.4 Å². The van der Waals surface area contributed by atoms with Crippen molar-refractivity contribution in [1.82, 2.24) is 0 Å². The van der Waals surface area contributed by atoms with Crippen LogP contribution in [0.5, 0.6) is 0 Å². The van der Waals surface area contributed by atoms with Gasteiger partial charge >= 0.3 is 0 Å². The number of benzene rings is 2. The van der Waals surface area contributed by atoms with Gasteiger partial charge in [-0.2, -0.15) is 0 Å². The Bertz CT molecular complexity index is 859. The predicted octanol–water partition coefficient (Wildman–Crippen LogP) is 7.78. The third kappa shape index (κ3) is 3.08. The molecule has 0 aromatic heterocycles. The molecule has 2 aromatic carbocycles. The standard InChI is InChI=1S/C27H32/c1-3-19(2)22-7-9-23(10-8-22)25-6-4-5-24-15-21(16-26(24)25)18-27-13-11-20(17-27)12-14-27/h4-10,16,19-20H,3,11-15,17-18H2,1-2H3. The van der Waals surface area contributed by atoms with Gasteiger partial charge in [-0.3, -0.25) is 0 Å². The Morgan fingerprint density at radius 3 is 2.48 bits per heavy atom. The molecule has 0 nitrogen and oxygen atoms in total. The van der Waals surface area contributed by atoms with Crippen molar-refractivity contribution in [1.29, 1.82) is 0 Å². The summed E-state index contributed by atoms with van der Waals surface area (Å²) in [4.78, 5) is 0. The molecule has 3 aliphatic rings. The zero-order valence-corrected chi connectivity index (χ0v) is 16.9. The van der Waals surface area contributed by atoms with Crippen molar-refractivity contribution in [3.8, 4) is 11.1 Å². The highest BCUT2D eigenvalue weighted by molar-refractivity contribution is 5.80. The summed E-state index contributed by atoms with van der Waals surface area (Å²) in [6.07, 6.45) is 13.7. The van der Waals surface area contributed by atoms with Crippen molar-refractivity contribution >= 4 is 6.08 Å². The average molecular weight is 357 g/mol. The van der Waals surface area contributed by atoms with Crippen LogP contribution >= 0.6 is 0 Å². The van der Waals surface area contributed by atoms with E-state index in [-0.39, 0.29) is 0 Å². The van der Waals surface area contributed by atoms with E-state index in [4.69, 9.17) is 0 Å². The molecule has 5 rings (SSSR count). The molecule has 0 heteroatoms. The first kappa shape index (κ1) is 17.3. The van der Waals surface area contributed by atoms with Crippen LogP contribution in [-0.4, -0.2) is 0 Å². The minimum atomic E-state index is 0.646. The molecule has 0 heterocycles. The lowest BCUT2D eigenvalue weighted by Crippen LogP contribution is -2.14. The molecular weight excluding hydrogens is 324 g/mol. The summed E-state index contributed by atoms with van der Waals surface area (Å²) >= 11 is 0. The summed E-state index contributed by atoms with van der Waals surface area (Å²) < 4.78 is 0. The highest BCUT2D eigenvalue weighted by Gasteiger charge is 2.45.